The van der Waals surface area contributed by atoms with Crippen molar-refractivity contribution in [1.82, 2.24) is 15.0 Å². The highest BCUT2D eigenvalue weighted by molar-refractivity contribution is 7.13. The second-order valence-corrected chi connectivity index (χ2v) is 7.56. The molecule has 0 aliphatic carbocycles. The molecule has 27 heavy (non-hydrogen) atoms. The molecule has 4 rings (SSSR count). The Morgan fingerprint density at radius 1 is 1.26 bits per heavy atom. The fourth-order valence-corrected chi connectivity index (χ4v) is 3.96. The topological polar surface area (TPSA) is 68.5 Å². The maximum absolute atomic E-state index is 12.6. The third-order valence-corrected chi connectivity index (χ3v) is 5.76. The van der Waals surface area contributed by atoms with E-state index < -0.39 is 0 Å². The highest BCUT2D eigenvalue weighted by Crippen LogP contribution is 2.30. The quantitative estimate of drug-likeness (QED) is 0.671. The van der Waals surface area contributed by atoms with E-state index in [1.165, 1.54) is 0 Å². The summed E-state index contributed by atoms with van der Waals surface area (Å²) in [5, 5.41) is 6.09. The Morgan fingerprint density at radius 2 is 2.04 bits per heavy atom. The molecular weight excluding hydrogens is 362 g/mol. The second kappa shape index (κ2) is 7.92. The van der Waals surface area contributed by atoms with Crippen molar-refractivity contribution in [2.45, 2.75) is 25.2 Å². The van der Waals surface area contributed by atoms with Crippen LogP contribution in [0.5, 0.6) is 5.75 Å². The largest absolute Gasteiger partial charge is 0.497 e. The van der Waals surface area contributed by atoms with E-state index >= 15 is 0 Å². The number of aromatic nitrogens is 2. The fourth-order valence-electron chi connectivity index (χ4n) is 3.31. The Hall–Kier alpha value is -2.67. The Bertz CT molecular complexity index is 882. The maximum Gasteiger partial charge on any atom is 0.230 e. The molecule has 6 nitrogen and oxygen atoms in total. The van der Waals surface area contributed by atoms with E-state index in [4.69, 9.17) is 9.26 Å². The molecule has 1 aromatic carbocycles. The molecule has 3 aromatic rings. The zero-order valence-corrected chi connectivity index (χ0v) is 15.9. The van der Waals surface area contributed by atoms with Crippen LogP contribution < -0.4 is 4.74 Å². The van der Waals surface area contributed by atoms with Crippen molar-refractivity contribution in [2.75, 3.05) is 20.2 Å². The van der Waals surface area contributed by atoms with Gasteiger partial charge in [-0.3, -0.25) is 4.79 Å². The Morgan fingerprint density at radius 3 is 2.70 bits per heavy atom. The third-order valence-electron chi connectivity index (χ3n) is 4.89. The second-order valence-electron chi connectivity index (χ2n) is 6.61. The van der Waals surface area contributed by atoms with Gasteiger partial charge in [0.2, 0.25) is 17.6 Å². The van der Waals surface area contributed by atoms with E-state index in [9.17, 15) is 4.79 Å². The number of thiophene rings is 1. The number of carbonyl (C=O) groups excluding carboxylic acids is 1. The van der Waals surface area contributed by atoms with Crippen LogP contribution in [0.3, 0.4) is 0 Å². The number of likely N-dealkylation sites (tertiary alicyclic amines) is 1. The lowest BCUT2D eigenvalue weighted by atomic mass is 9.96. The minimum absolute atomic E-state index is 0.156. The zero-order chi connectivity index (χ0) is 18.6. The summed E-state index contributed by atoms with van der Waals surface area (Å²) in [4.78, 5) is 20.1. The Balaban J connectivity index is 1.32. The summed E-state index contributed by atoms with van der Waals surface area (Å²) >= 11 is 1.60. The van der Waals surface area contributed by atoms with E-state index in [-0.39, 0.29) is 11.8 Å². The standard InChI is InChI=1S/C20H21N3O3S/c1-25-16-6-4-14(5-7-16)13-18(24)23-10-8-15(9-11-23)20-21-19(22-26-20)17-3-2-12-27-17/h2-7,12,15H,8-11,13H2,1H3. The summed E-state index contributed by atoms with van der Waals surface area (Å²) in [5.41, 5.74) is 1.00. The molecule has 2 aromatic heterocycles. The molecule has 1 saturated heterocycles. The van der Waals surface area contributed by atoms with Gasteiger partial charge in [0.1, 0.15) is 5.75 Å². The van der Waals surface area contributed by atoms with Crippen LogP contribution in [0.25, 0.3) is 10.7 Å². The molecule has 3 heterocycles. The first-order chi connectivity index (χ1) is 13.2. The molecule has 1 aliphatic rings. The lowest BCUT2D eigenvalue weighted by molar-refractivity contribution is -0.131. The zero-order valence-electron chi connectivity index (χ0n) is 15.1. The number of piperidine rings is 1. The third kappa shape index (κ3) is 4.03. The SMILES string of the molecule is COc1ccc(CC(=O)N2CCC(c3nc(-c4cccs4)no3)CC2)cc1. The van der Waals surface area contributed by atoms with Gasteiger partial charge in [-0.05, 0) is 42.0 Å². The van der Waals surface area contributed by atoms with Crippen LogP contribution in [0.15, 0.2) is 46.3 Å². The average Bonchev–Trinajstić information content (AvgIpc) is 3.40. The van der Waals surface area contributed by atoms with Gasteiger partial charge in [-0.25, -0.2) is 0 Å². The van der Waals surface area contributed by atoms with Gasteiger partial charge in [0.15, 0.2) is 0 Å². The minimum atomic E-state index is 0.156. The monoisotopic (exact) mass is 383 g/mol. The number of benzene rings is 1. The molecule has 1 fully saturated rings. The van der Waals surface area contributed by atoms with E-state index in [1.54, 1.807) is 18.4 Å². The van der Waals surface area contributed by atoms with Crippen molar-refractivity contribution in [3.05, 3.63) is 53.2 Å². The smallest absolute Gasteiger partial charge is 0.230 e. The molecule has 0 saturated carbocycles. The number of carbonyl (C=O) groups is 1. The number of methoxy groups -OCH3 is 1. The first-order valence-electron chi connectivity index (χ1n) is 9.01. The highest BCUT2D eigenvalue weighted by atomic mass is 32.1. The van der Waals surface area contributed by atoms with E-state index in [0.29, 0.717) is 18.1 Å². The average molecular weight is 383 g/mol. The predicted octanol–water partition coefficient (Wildman–Crippen LogP) is 3.76. The van der Waals surface area contributed by atoms with Crippen LogP contribution in [0, 0.1) is 0 Å². The van der Waals surface area contributed by atoms with Gasteiger partial charge in [0.25, 0.3) is 0 Å². The maximum atomic E-state index is 12.6. The van der Waals surface area contributed by atoms with Crippen LogP contribution in [-0.4, -0.2) is 41.1 Å². The number of hydrogen-bond acceptors (Lipinski definition) is 6. The van der Waals surface area contributed by atoms with Gasteiger partial charge < -0.3 is 14.2 Å². The summed E-state index contributed by atoms with van der Waals surface area (Å²) < 4.78 is 10.6. The number of rotatable bonds is 5. The van der Waals surface area contributed by atoms with Gasteiger partial charge in [-0.2, -0.15) is 4.98 Å². The van der Waals surface area contributed by atoms with Crippen molar-refractivity contribution in [3.8, 4) is 16.5 Å². The first kappa shape index (κ1) is 17.7. The lowest BCUT2D eigenvalue weighted by Gasteiger charge is -2.30. The van der Waals surface area contributed by atoms with Gasteiger partial charge >= 0.3 is 0 Å². The van der Waals surface area contributed by atoms with Gasteiger partial charge in [0.05, 0.1) is 18.4 Å². The molecular formula is C20H21N3O3S. The van der Waals surface area contributed by atoms with Gasteiger partial charge in [-0.15, -0.1) is 11.3 Å². The van der Waals surface area contributed by atoms with Crippen LogP contribution in [0.2, 0.25) is 0 Å². The van der Waals surface area contributed by atoms with E-state index in [1.807, 2.05) is 46.7 Å². The van der Waals surface area contributed by atoms with Crippen LogP contribution >= 0.6 is 11.3 Å². The Kier molecular flexibility index (Phi) is 5.20. The first-order valence-corrected chi connectivity index (χ1v) is 9.89. The molecule has 0 radical (unpaired) electrons. The summed E-state index contributed by atoms with van der Waals surface area (Å²) in [6.45, 7) is 1.44. The summed E-state index contributed by atoms with van der Waals surface area (Å²) in [6.07, 6.45) is 2.11. The van der Waals surface area contributed by atoms with Gasteiger partial charge in [0, 0.05) is 19.0 Å². The van der Waals surface area contributed by atoms with E-state index in [0.717, 1.165) is 42.1 Å². The minimum Gasteiger partial charge on any atom is -0.497 e. The van der Waals surface area contributed by atoms with Crippen molar-refractivity contribution in [3.63, 3.8) is 0 Å². The summed E-state index contributed by atoms with van der Waals surface area (Å²) in [7, 11) is 1.64. The predicted molar refractivity (Wildman–Crippen MR) is 103 cm³/mol. The van der Waals surface area contributed by atoms with Crippen molar-refractivity contribution in [1.29, 1.82) is 0 Å². The fraction of sp³-hybridized carbons (Fsp3) is 0.350. The molecule has 0 atom stereocenters. The molecule has 1 aliphatic heterocycles. The van der Waals surface area contributed by atoms with Gasteiger partial charge in [-0.1, -0.05) is 23.4 Å². The number of hydrogen-bond donors (Lipinski definition) is 0. The number of ether oxygens (including phenoxy) is 1. The molecule has 0 N–H and O–H groups in total. The van der Waals surface area contributed by atoms with Crippen LogP contribution in [0.4, 0.5) is 0 Å². The van der Waals surface area contributed by atoms with Crippen LogP contribution in [-0.2, 0) is 11.2 Å². The molecule has 0 unspecified atom stereocenters. The molecule has 0 bridgehead atoms. The molecule has 140 valence electrons. The molecule has 0 spiro atoms. The summed E-state index contributed by atoms with van der Waals surface area (Å²) in [5.74, 6) is 2.51. The van der Waals surface area contributed by atoms with Crippen LogP contribution in [0.1, 0.15) is 30.2 Å². The molecule has 1 amide bonds. The number of nitrogens with zero attached hydrogens (tertiary/aromatic N) is 3. The Labute approximate surface area is 161 Å². The molecule has 7 heteroatoms. The summed E-state index contributed by atoms with van der Waals surface area (Å²) in [6, 6.07) is 11.6. The van der Waals surface area contributed by atoms with Crippen molar-refractivity contribution in [2.24, 2.45) is 0 Å². The van der Waals surface area contributed by atoms with E-state index in [2.05, 4.69) is 10.1 Å². The van der Waals surface area contributed by atoms with Crippen molar-refractivity contribution < 1.29 is 14.1 Å². The van der Waals surface area contributed by atoms with Crippen molar-refractivity contribution >= 4 is 17.2 Å². The number of amides is 1. The highest BCUT2D eigenvalue weighted by Gasteiger charge is 2.27. The normalized spacial score (nSPS) is 15.1. The lowest BCUT2D eigenvalue weighted by Crippen LogP contribution is -2.38.